The summed E-state index contributed by atoms with van der Waals surface area (Å²) in [5.41, 5.74) is -0.676. The molecule has 0 bridgehead atoms. The monoisotopic (exact) mass is 397 g/mol. The highest BCUT2D eigenvalue weighted by Crippen LogP contribution is 2.38. The van der Waals surface area contributed by atoms with E-state index in [0.29, 0.717) is 37.0 Å². The highest BCUT2D eigenvalue weighted by molar-refractivity contribution is 7.14. The fourth-order valence-corrected chi connectivity index (χ4v) is 3.94. The van der Waals surface area contributed by atoms with E-state index in [2.05, 4.69) is 4.98 Å². The molecule has 0 spiro atoms. The Morgan fingerprint density at radius 1 is 1.07 bits per heavy atom. The summed E-state index contributed by atoms with van der Waals surface area (Å²) < 4.78 is 39.7. The van der Waals surface area contributed by atoms with E-state index >= 15 is 0 Å². The van der Waals surface area contributed by atoms with Crippen LogP contribution in [0.2, 0.25) is 0 Å². The Balaban J connectivity index is 1.74. The van der Waals surface area contributed by atoms with Gasteiger partial charge in [-0.2, -0.15) is 13.2 Å². The second kappa shape index (κ2) is 7.14. The lowest BCUT2D eigenvalue weighted by Crippen LogP contribution is -2.51. The topological polar surface area (TPSA) is 36.4 Å². The lowest BCUT2D eigenvalue weighted by atomic mass is 9.94. The minimum Gasteiger partial charge on any atom is -0.345 e. The van der Waals surface area contributed by atoms with Gasteiger partial charge in [-0.25, -0.2) is 4.98 Å². The van der Waals surface area contributed by atoms with Crippen LogP contribution in [0.3, 0.4) is 0 Å². The molecule has 2 heterocycles. The largest absolute Gasteiger partial charge is 0.417 e. The number of aromatic nitrogens is 1. The van der Waals surface area contributed by atoms with E-state index < -0.39 is 17.2 Å². The minimum atomic E-state index is -4.42. The molecule has 1 amide bonds. The van der Waals surface area contributed by atoms with Gasteiger partial charge < -0.3 is 9.80 Å². The highest BCUT2D eigenvalue weighted by Gasteiger charge is 2.34. The van der Waals surface area contributed by atoms with Crippen LogP contribution in [0.15, 0.2) is 29.6 Å². The van der Waals surface area contributed by atoms with Crippen LogP contribution in [0.1, 0.15) is 26.3 Å². The number of halogens is 3. The van der Waals surface area contributed by atoms with Crippen molar-refractivity contribution in [1.29, 1.82) is 0 Å². The standard InChI is InChI=1S/C19H22F3N3OS/c1-18(2,3)16(26)24-8-10-25(11-9-24)17-23-15(12-27-17)13-6-4-5-7-14(13)19(20,21)22/h4-7,12H,8-11H2,1-3H3. The number of carbonyl (C=O) groups excluding carboxylic acids is 1. The number of hydrogen-bond donors (Lipinski definition) is 0. The predicted octanol–water partition coefficient (Wildman–Crippen LogP) is 4.52. The molecular weight excluding hydrogens is 375 g/mol. The van der Waals surface area contributed by atoms with E-state index in [1.54, 1.807) is 11.4 Å². The van der Waals surface area contributed by atoms with Crippen molar-refractivity contribution in [1.82, 2.24) is 9.88 Å². The number of nitrogens with zero attached hydrogens (tertiary/aromatic N) is 3. The van der Waals surface area contributed by atoms with Crippen LogP contribution < -0.4 is 4.90 Å². The smallest absolute Gasteiger partial charge is 0.345 e. The molecule has 1 aliphatic heterocycles. The Labute approximate surface area is 160 Å². The van der Waals surface area contributed by atoms with Crippen LogP contribution in [0, 0.1) is 5.41 Å². The zero-order valence-electron chi connectivity index (χ0n) is 15.5. The van der Waals surface area contributed by atoms with Crippen molar-refractivity contribution in [2.24, 2.45) is 5.41 Å². The summed E-state index contributed by atoms with van der Waals surface area (Å²) in [6.45, 7) is 8.10. The average molecular weight is 397 g/mol. The first-order valence-corrected chi connectivity index (χ1v) is 9.62. The Bertz CT molecular complexity index is 818. The van der Waals surface area contributed by atoms with Gasteiger partial charge in [0.15, 0.2) is 5.13 Å². The Morgan fingerprint density at radius 3 is 2.30 bits per heavy atom. The molecule has 27 heavy (non-hydrogen) atoms. The summed E-state index contributed by atoms with van der Waals surface area (Å²) in [5.74, 6) is 0.112. The summed E-state index contributed by atoms with van der Waals surface area (Å²) in [6, 6.07) is 5.48. The molecule has 0 saturated carbocycles. The molecule has 0 unspecified atom stereocenters. The fourth-order valence-electron chi connectivity index (χ4n) is 3.06. The summed E-state index contributed by atoms with van der Waals surface area (Å²) in [5, 5.41) is 2.34. The van der Waals surface area contributed by atoms with Gasteiger partial charge in [0.2, 0.25) is 5.91 Å². The predicted molar refractivity (Wildman–Crippen MR) is 101 cm³/mol. The third-order valence-electron chi connectivity index (χ3n) is 4.48. The van der Waals surface area contributed by atoms with Crippen molar-refractivity contribution in [2.45, 2.75) is 26.9 Å². The molecule has 0 N–H and O–H groups in total. The van der Waals surface area contributed by atoms with Gasteiger partial charge in [-0.3, -0.25) is 4.79 Å². The lowest BCUT2D eigenvalue weighted by Gasteiger charge is -2.37. The maximum absolute atomic E-state index is 13.2. The number of piperazine rings is 1. The first kappa shape index (κ1) is 19.7. The third-order valence-corrected chi connectivity index (χ3v) is 5.38. The lowest BCUT2D eigenvalue weighted by molar-refractivity contribution is -0.139. The molecule has 4 nitrogen and oxygen atoms in total. The van der Waals surface area contributed by atoms with Gasteiger partial charge >= 0.3 is 6.18 Å². The number of thiazole rings is 1. The number of alkyl halides is 3. The van der Waals surface area contributed by atoms with Crippen molar-refractivity contribution < 1.29 is 18.0 Å². The molecule has 0 aliphatic carbocycles. The van der Waals surface area contributed by atoms with Crippen molar-refractivity contribution >= 4 is 22.4 Å². The van der Waals surface area contributed by atoms with Crippen LogP contribution in [0.25, 0.3) is 11.3 Å². The Hall–Kier alpha value is -2.09. The molecule has 1 aromatic heterocycles. The normalized spacial score (nSPS) is 15.9. The average Bonchev–Trinajstić information content (AvgIpc) is 3.10. The molecule has 0 radical (unpaired) electrons. The molecule has 1 saturated heterocycles. The van der Waals surface area contributed by atoms with Gasteiger partial charge in [0.05, 0.1) is 11.3 Å². The van der Waals surface area contributed by atoms with Gasteiger partial charge in [0.25, 0.3) is 0 Å². The van der Waals surface area contributed by atoms with E-state index in [0.717, 1.165) is 6.07 Å². The number of benzene rings is 1. The van der Waals surface area contributed by atoms with Crippen molar-refractivity contribution in [3.63, 3.8) is 0 Å². The molecule has 1 aromatic carbocycles. The first-order valence-electron chi connectivity index (χ1n) is 8.74. The first-order chi connectivity index (χ1) is 12.6. The molecular formula is C19H22F3N3OS. The summed E-state index contributed by atoms with van der Waals surface area (Å²) in [6.07, 6.45) is -4.42. The van der Waals surface area contributed by atoms with Crippen molar-refractivity contribution in [3.8, 4) is 11.3 Å². The Kier molecular flexibility index (Phi) is 5.20. The third kappa shape index (κ3) is 4.26. The summed E-state index contributed by atoms with van der Waals surface area (Å²) >= 11 is 1.33. The van der Waals surface area contributed by atoms with E-state index in [1.165, 1.54) is 23.5 Å². The van der Waals surface area contributed by atoms with Crippen LogP contribution in [0.4, 0.5) is 18.3 Å². The van der Waals surface area contributed by atoms with Crippen molar-refractivity contribution in [3.05, 3.63) is 35.2 Å². The van der Waals surface area contributed by atoms with E-state index in [9.17, 15) is 18.0 Å². The summed E-state index contributed by atoms with van der Waals surface area (Å²) in [7, 11) is 0. The quantitative estimate of drug-likeness (QED) is 0.747. The zero-order chi connectivity index (χ0) is 19.8. The van der Waals surface area contributed by atoms with E-state index in [-0.39, 0.29) is 11.5 Å². The maximum Gasteiger partial charge on any atom is 0.417 e. The number of anilines is 1. The number of amides is 1. The minimum absolute atomic E-state index is 0.0917. The van der Waals surface area contributed by atoms with Gasteiger partial charge in [-0.15, -0.1) is 11.3 Å². The molecule has 146 valence electrons. The molecule has 1 aliphatic rings. The van der Waals surface area contributed by atoms with Gasteiger partial charge in [-0.1, -0.05) is 39.0 Å². The van der Waals surface area contributed by atoms with Crippen LogP contribution >= 0.6 is 11.3 Å². The van der Waals surface area contributed by atoms with E-state index in [4.69, 9.17) is 0 Å². The van der Waals surface area contributed by atoms with Gasteiger partial charge in [-0.05, 0) is 6.07 Å². The van der Waals surface area contributed by atoms with Gasteiger partial charge in [0.1, 0.15) is 0 Å². The second-order valence-electron chi connectivity index (χ2n) is 7.59. The van der Waals surface area contributed by atoms with E-state index in [1.807, 2.05) is 30.6 Å². The van der Waals surface area contributed by atoms with Crippen LogP contribution in [-0.2, 0) is 11.0 Å². The Morgan fingerprint density at radius 2 is 1.70 bits per heavy atom. The SMILES string of the molecule is CC(C)(C)C(=O)N1CCN(c2nc(-c3ccccc3C(F)(F)F)cs2)CC1. The highest BCUT2D eigenvalue weighted by atomic mass is 32.1. The number of rotatable bonds is 2. The molecule has 3 rings (SSSR count). The van der Waals surface area contributed by atoms with Crippen LogP contribution in [0.5, 0.6) is 0 Å². The zero-order valence-corrected chi connectivity index (χ0v) is 16.3. The number of carbonyl (C=O) groups is 1. The van der Waals surface area contributed by atoms with Crippen LogP contribution in [-0.4, -0.2) is 42.0 Å². The fraction of sp³-hybridized carbons (Fsp3) is 0.474. The number of hydrogen-bond acceptors (Lipinski definition) is 4. The summed E-state index contributed by atoms with van der Waals surface area (Å²) in [4.78, 5) is 20.7. The molecule has 2 aromatic rings. The van der Waals surface area contributed by atoms with Crippen molar-refractivity contribution in [2.75, 3.05) is 31.1 Å². The molecule has 1 fully saturated rings. The second-order valence-corrected chi connectivity index (χ2v) is 8.42. The molecule has 8 heteroatoms. The maximum atomic E-state index is 13.2. The van der Waals surface area contributed by atoms with Gasteiger partial charge in [0, 0.05) is 42.5 Å². The molecule has 0 atom stereocenters.